The van der Waals surface area contributed by atoms with Crippen LogP contribution in [0.5, 0.6) is 0 Å². The molecule has 0 unspecified atom stereocenters. The van der Waals surface area contributed by atoms with Gasteiger partial charge in [-0.25, -0.2) is 0 Å². The van der Waals surface area contributed by atoms with Gasteiger partial charge in [0.1, 0.15) is 0 Å². The van der Waals surface area contributed by atoms with Crippen LogP contribution in [0.3, 0.4) is 0 Å². The minimum absolute atomic E-state index is 0.0635. The first-order chi connectivity index (χ1) is 12.5. The number of nitrogens with one attached hydrogen (secondary N) is 2. The van der Waals surface area contributed by atoms with Crippen molar-refractivity contribution >= 4 is 52.1 Å². The predicted octanol–water partition coefficient (Wildman–Crippen LogP) is 4.34. The van der Waals surface area contributed by atoms with Crippen LogP contribution in [0.2, 0.25) is 5.02 Å². The predicted molar refractivity (Wildman–Crippen MR) is 110 cm³/mol. The summed E-state index contributed by atoms with van der Waals surface area (Å²) in [6, 6.07) is 13.8. The number of anilines is 1. The Bertz CT molecular complexity index is 855. The van der Waals surface area contributed by atoms with Gasteiger partial charge in [-0.2, -0.15) is 17.0 Å². The van der Waals surface area contributed by atoms with Crippen molar-refractivity contribution in [2.24, 2.45) is 0 Å². The van der Waals surface area contributed by atoms with Crippen LogP contribution in [0.15, 0.2) is 42.5 Å². The molecule has 0 saturated carbocycles. The van der Waals surface area contributed by atoms with Crippen molar-refractivity contribution in [1.29, 1.82) is 5.26 Å². The monoisotopic (exact) mass is 406 g/mol. The lowest BCUT2D eigenvalue weighted by molar-refractivity contribution is -0.384. The van der Waals surface area contributed by atoms with Crippen molar-refractivity contribution < 1.29 is 4.92 Å². The quantitative estimate of drug-likeness (QED) is 0.306. The number of halogens is 1. The Balaban J connectivity index is 1.77. The first-order valence-electron chi connectivity index (χ1n) is 7.56. The summed E-state index contributed by atoms with van der Waals surface area (Å²) in [4.78, 5) is 10.3. The van der Waals surface area contributed by atoms with E-state index in [2.05, 4.69) is 16.7 Å². The molecule has 0 aliphatic heterocycles. The highest BCUT2D eigenvalue weighted by atomic mass is 35.5. The van der Waals surface area contributed by atoms with Gasteiger partial charge in [0.2, 0.25) is 0 Å². The Kier molecular flexibility index (Phi) is 7.66. The van der Waals surface area contributed by atoms with Gasteiger partial charge >= 0.3 is 0 Å². The third-order valence-electron chi connectivity index (χ3n) is 3.34. The van der Waals surface area contributed by atoms with Crippen molar-refractivity contribution in [3.8, 4) is 6.07 Å². The number of nitriles is 1. The highest BCUT2D eigenvalue weighted by Gasteiger charge is 2.10. The molecule has 0 aliphatic carbocycles. The Morgan fingerprint density at radius 1 is 1.35 bits per heavy atom. The van der Waals surface area contributed by atoms with E-state index in [-0.39, 0.29) is 5.69 Å². The molecule has 6 nitrogen and oxygen atoms in total. The zero-order valence-electron chi connectivity index (χ0n) is 13.6. The molecule has 0 atom stereocenters. The number of thioether (sulfide) groups is 1. The summed E-state index contributed by atoms with van der Waals surface area (Å²) in [6.07, 6.45) is 0. The molecule has 0 aromatic heterocycles. The molecule has 26 heavy (non-hydrogen) atoms. The van der Waals surface area contributed by atoms with Gasteiger partial charge in [-0.15, -0.1) is 0 Å². The summed E-state index contributed by atoms with van der Waals surface area (Å²) in [5, 5.41) is 26.5. The van der Waals surface area contributed by atoms with E-state index in [1.165, 1.54) is 18.2 Å². The van der Waals surface area contributed by atoms with E-state index < -0.39 is 4.92 Å². The van der Waals surface area contributed by atoms with E-state index in [1.54, 1.807) is 17.8 Å². The molecule has 0 amide bonds. The molecule has 9 heteroatoms. The smallest absolute Gasteiger partial charge is 0.271 e. The van der Waals surface area contributed by atoms with Gasteiger partial charge in [-0.3, -0.25) is 10.1 Å². The molecule has 2 aromatic rings. The second-order valence-electron chi connectivity index (χ2n) is 5.12. The number of non-ortho nitro benzene ring substituents is 1. The van der Waals surface area contributed by atoms with Gasteiger partial charge in [0.15, 0.2) is 5.11 Å². The lowest BCUT2D eigenvalue weighted by Crippen LogP contribution is -2.30. The highest BCUT2D eigenvalue weighted by Crippen LogP contribution is 2.26. The fourth-order valence-corrected chi connectivity index (χ4v) is 3.30. The summed E-state index contributed by atoms with van der Waals surface area (Å²) in [5.41, 5.74) is 2.01. The molecular weight excluding hydrogens is 392 g/mol. The minimum atomic E-state index is -0.492. The van der Waals surface area contributed by atoms with Crippen LogP contribution in [-0.4, -0.2) is 22.3 Å². The molecule has 0 radical (unpaired) electrons. The Hall–Kier alpha value is -2.34. The largest absolute Gasteiger partial charge is 0.362 e. The van der Waals surface area contributed by atoms with E-state index in [4.69, 9.17) is 29.1 Å². The summed E-state index contributed by atoms with van der Waals surface area (Å²) in [5.74, 6) is 1.52. The third-order valence-corrected chi connectivity index (χ3v) is 4.92. The Morgan fingerprint density at radius 2 is 2.12 bits per heavy atom. The summed E-state index contributed by atoms with van der Waals surface area (Å²) in [6.45, 7) is 0.609. The molecule has 0 fully saturated rings. The standard InChI is InChI=1S/C17H15ClN4O2S2/c18-15-6-5-14(22(23)24)9-16(15)21-17(25)20-7-8-26-11-13-4-2-1-3-12(13)10-19/h1-6,9H,7-8,11H2,(H2,20,21,25). The van der Waals surface area contributed by atoms with E-state index in [0.717, 1.165) is 17.1 Å². The molecule has 134 valence electrons. The second kappa shape index (κ2) is 9.97. The normalized spacial score (nSPS) is 10.0. The maximum atomic E-state index is 10.8. The van der Waals surface area contributed by atoms with Gasteiger partial charge in [-0.05, 0) is 29.9 Å². The third kappa shape index (κ3) is 5.88. The Labute approximate surface area is 165 Å². The van der Waals surface area contributed by atoms with Crippen LogP contribution in [0.25, 0.3) is 0 Å². The van der Waals surface area contributed by atoms with Crippen molar-refractivity contribution in [3.05, 3.63) is 68.7 Å². The summed E-state index contributed by atoms with van der Waals surface area (Å²) in [7, 11) is 0. The first-order valence-corrected chi connectivity index (χ1v) is 9.50. The molecule has 2 aromatic carbocycles. The fourth-order valence-electron chi connectivity index (χ4n) is 2.06. The number of hydrogen-bond donors (Lipinski definition) is 2. The van der Waals surface area contributed by atoms with Crippen molar-refractivity contribution in [2.45, 2.75) is 5.75 Å². The zero-order chi connectivity index (χ0) is 18.9. The van der Waals surface area contributed by atoms with Crippen LogP contribution in [-0.2, 0) is 5.75 Å². The minimum Gasteiger partial charge on any atom is -0.362 e. The average molecular weight is 407 g/mol. The maximum absolute atomic E-state index is 10.8. The topological polar surface area (TPSA) is 91.0 Å². The van der Waals surface area contributed by atoms with E-state index in [1.807, 2.05) is 18.2 Å². The first kappa shape index (κ1) is 20.0. The van der Waals surface area contributed by atoms with Crippen LogP contribution in [0, 0.1) is 21.4 Å². The molecular formula is C17H15ClN4O2S2. The van der Waals surface area contributed by atoms with Crippen LogP contribution in [0.4, 0.5) is 11.4 Å². The van der Waals surface area contributed by atoms with Crippen LogP contribution < -0.4 is 10.6 Å². The number of rotatable bonds is 7. The molecule has 0 heterocycles. The molecule has 0 spiro atoms. The summed E-state index contributed by atoms with van der Waals surface area (Å²) >= 11 is 12.9. The van der Waals surface area contributed by atoms with Gasteiger partial charge in [0.25, 0.3) is 5.69 Å². The molecule has 0 bridgehead atoms. The molecule has 2 rings (SSSR count). The lowest BCUT2D eigenvalue weighted by Gasteiger charge is -2.11. The molecule has 0 saturated heterocycles. The van der Waals surface area contributed by atoms with Crippen LogP contribution >= 0.6 is 35.6 Å². The molecule has 0 aliphatic rings. The van der Waals surface area contributed by atoms with Gasteiger partial charge < -0.3 is 10.6 Å². The second-order valence-corrected chi connectivity index (χ2v) is 7.04. The zero-order valence-corrected chi connectivity index (χ0v) is 16.0. The van der Waals surface area contributed by atoms with Crippen molar-refractivity contribution in [1.82, 2.24) is 5.32 Å². The maximum Gasteiger partial charge on any atom is 0.271 e. The van der Waals surface area contributed by atoms with Gasteiger partial charge in [-0.1, -0.05) is 29.8 Å². The number of benzene rings is 2. The number of thiocarbonyl (C=S) groups is 1. The average Bonchev–Trinajstić information content (AvgIpc) is 2.63. The van der Waals surface area contributed by atoms with Crippen LogP contribution in [0.1, 0.15) is 11.1 Å². The number of hydrogen-bond acceptors (Lipinski definition) is 5. The number of nitrogens with zero attached hydrogens (tertiary/aromatic N) is 2. The van der Waals surface area contributed by atoms with E-state index in [0.29, 0.717) is 27.9 Å². The lowest BCUT2D eigenvalue weighted by atomic mass is 10.1. The SMILES string of the molecule is N#Cc1ccccc1CSCCNC(=S)Nc1cc([N+](=O)[O-])ccc1Cl. The van der Waals surface area contributed by atoms with E-state index in [9.17, 15) is 10.1 Å². The fraction of sp³-hybridized carbons (Fsp3) is 0.176. The highest BCUT2D eigenvalue weighted by molar-refractivity contribution is 7.98. The van der Waals surface area contributed by atoms with E-state index >= 15 is 0 Å². The van der Waals surface area contributed by atoms with Gasteiger partial charge in [0, 0.05) is 30.2 Å². The van der Waals surface area contributed by atoms with Crippen molar-refractivity contribution in [2.75, 3.05) is 17.6 Å². The number of nitro groups is 1. The van der Waals surface area contributed by atoms with Gasteiger partial charge in [0.05, 0.1) is 27.3 Å². The number of nitro benzene ring substituents is 1. The Morgan fingerprint density at radius 3 is 2.85 bits per heavy atom. The molecule has 2 N–H and O–H groups in total. The summed E-state index contributed by atoms with van der Waals surface area (Å²) < 4.78 is 0. The van der Waals surface area contributed by atoms with Crippen molar-refractivity contribution in [3.63, 3.8) is 0 Å².